The van der Waals surface area contributed by atoms with Crippen LogP contribution in [-0.4, -0.2) is 23.6 Å². The maximum atomic E-state index is 13.7. The van der Waals surface area contributed by atoms with Crippen LogP contribution in [0.5, 0.6) is 5.75 Å². The van der Waals surface area contributed by atoms with Gasteiger partial charge in [0, 0.05) is 18.5 Å². The minimum atomic E-state index is -1.14. The lowest BCUT2D eigenvalue weighted by Crippen LogP contribution is -2.25. The summed E-state index contributed by atoms with van der Waals surface area (Å²) in [7, 11) is 0. The Hall–Kier alpha value is -2.89. The van der Waals surface area contributed by atoms with E-state index in [2.05, 4.69) is 5.32 Å². The number of benzene rings is 2. The number of rotatable bonds is 5. The molecule has 1 heterocycles. The molecule has 0 aliphatic carbocycles. The SMILES string of the molecule is O=C(Cc1ccc2c(c1)CCO2)NCc1cc(C(=O)O)ccc1F. The van der Waals surface area contributed by atoms with E-state index in [1.54, 1.807) is 0 Å². The summed E-state index contributed by atoms with van der Waals surface area (Å²) in [6.07, 6.45) is 1.01. The van der Waals surface area contributed by atoms with Gasteiger partial charge in [0.2, 0.25) is 5.91 Å². The van der Waals surface area contributed by atoms with Crippen LogP contribution in [0.1, 0.15) is 27.0 Å². The smallest absolute Gasteiger partial charge is 0.335 e. The van der Waals surface area contributed by atoms with Gasteiger partial charge in [0.05, 0.1) is 18.6 Å². The second kappa shape index (κ2) is 6.70. The van der Waals surface area contributed by atoms with Gasteiger partial charge in [-0.15, -0.1) is 0 Å². The number of fused-ring (bicyclic) bond motifs is 1. The maximum Gasteiger partial charge on any atom is 0.335 e. The first kappa shape index (κ1) is 16.0. The van der Waals surface area contributed by atoms with E-state index in [-0.39, 0.29) is 30.0 Å². The first-order valence-corrected chi connectivity index (χ1v) is 7.56. The number of ether oxygens (including phenoxy) is 1. The van der Waals surface area contributed by atoms with E-state index in [9.17, 15) is 14.0 Å². The molecule has 1 aliphatic rings. The summed E-state index contributed by atoms with van der Waals surface area (Å²) < 4.78 is 19.1. The van der Waals surface area contributed by atoms with Crippen molar-refractivity contribution in [1.82, 2.24) is 5.32 Å². The lowest BCUT2D eigenvalue weighted by atomic mass is 10.1. The maximum absolute atomic E-state index is 13.7. The number of carboxylic acid groups (broad SMARTS) is 1. The average Bonchev–Trinajstić information content (AvgIpc) is 3.01. The van der Waals surface area contributed by atoms with Crippen molar-refractivity contribution >= 4 is 11.9 Å². The Morgan fingerprint density at radius 3 is 2.83 bits per heavy atom. The van der Waals surface area contributed by atoms with Crippen molar-refractivity contribution < 1.29 is 23.8 Å². The van der Waals surface area contributed by atoms with E-state index < -0.39 is 11.8 Å². The van der Waals surface area contributed by atoms with E-state index in [4.69, 9.17) is 9.84 Å². The van der Waals surface area contributed by atoms with Gasteiger partial charge in [-0.3, -0.25) is 4.79 Å². The number of hydrogen-bond donors (Lipinski definition) is 2. The van der Waals surface area contributed by atoms with Gasteiger partial charge in [-0.1, -0.05) is 12.1 Å². The first-order chi connectivity index (χ1) is 11.5. The molecule has 2 aromatic rings. The highest BCUT2D eigenvalue weighted by Gasteiger charge is 2.14. The Labute approximate surface area is 138 Å². The van der Waals surface area contributed by atoms with Gasteiger partial charge in [0.15, 0.2) is 0 Å². The van der Waals surface area contributed by atoms with Gasteiger partial charge in [-0.2, -0.15) is 0 Å². The summed E-state index contributed by atoms with van der Waals surface area (Å²) >= 11 is 0. The third-order valence-electron chi connectivity index (χ3n) is 3.89. The summed E-state index contributed by atoms with van der Waals surface area (Å²) in [5.74, 6) is -1.08. The van der Waals surface area contributed by atoms with Crippen molar-refractivity contribution in [3.63, 3.8) is 0 Å². The van der Waals surface area contributed by atoms with Crippen LogP contribution in [0.25, 0.3) is 0 Å². The summed E-state index contributed by atoms with van der Waals surface area (Å²) in [5, 5.41) is 11.5. The normalized spacial score (nSPS) is 12.4. The van der Waals surface area contributed by atoms with Gasteiger partial charge in [-0.05, 0) is 35.4 Å². The molecule has 0 atom stereocenters. The standard InChI is InChI=1S/C18H16FNO4/c19-15-3-2-13(18(22)23)9-14(15)10-20-17(21)8-11-1-4-16-12(7-11)5-6-24-16/h1-4,7,9H,5-6,8,10H2,(H,20,21)(H,22,23). The van der Waals surface area contributed by atoms with Crippen LogP contribution in [0.3, 0.4) is 0 Å². The molecule has 0 spiro atoms. The van der Waals surface area contributed by atoms with E-state index in [0.717, 1.165) is 29.4 Å². The molecule has 24 heavy (non-hydrogen) atoms. The fourth-order valence-corrected chi connectivity index (χ4v) is 2.63. The Bertz CT molecular complexity index is 804. The van der Waals surface area contributed by atoms with Crippen molar-refractivity contribution in [2.24, 2.45) is 0 Å². The Morgan fingerprint density at radius 1 is 1.21 bits per heavy atom. The highest BCUT2D eigenvalue weighted by molar-refractivity contribution is 5.87. The van der Waals surface area contributed by atoms with E-state index in [1.807, 2.05) is 18.2 Å². The minimum Gasteiger partial charge on any atom is -0.493 e. The highest BCUT2D eigenvalue weighted by Crippen LogP contribution is 2.26. The topological polar surface area (TPSA) is 75.6 Å². The van der Waals surface area contributed by atoms with Crippen LogP contribution in [0.4, 0.5) is 4.39 Å². The van der Waals surface area contributed by atoms with Gasteiger partial charge in [-0.25, -0.2) is 9.18 Å². The highest BCUT2D eigenvalue weighted by atomic mass is 19.1. The van der Waals surface area contributed by atoms with Crippen molar-refractivity contribution in [3.8, 4) is 5.75 Å². The molecule has 0 saturated carbocycles. The third-order valence-corrected chi connectivity index (χ3v) is 3.89. The molecule has 6 heteroatoms. The number of nitrogens with one attached hydrogen (secondary N) is 1. The van der Waals surface area contributed by atoms with Gasteiger partial charge >= 0.3 is 5.97 Å². The number of hydrogen-bond acceptors (Lipinski definition) is 3. The zero-order valence-electron chi connectivity index (χ0n) is 12.8. The number of carbonyl (C=O) groups is 2. The summed E-state index contributed by atoms with van der Waals surface area (Å²) in [5.41, 5.74) is 2.07. The molecule has 1 aliphatic heterocycles. The van der Waals surface area contributed by atoms with Gasteiger partial charge in [0.25, 0.3) is 0 Å². The van der Waals surface area contributed by atoms with Crippen LogP contribution >= 0.6 is 0 Å². The summed E-state index contributed by atoms with van der Waals surface area (Å²) in [6, 6.07) is 9.12. The molecule has 0 bridgehead atoms. The summed E-state index contributed by atoms with van der Waals surface area (Å²) in [6.45, 7) is 0.601. The van der Waals surface area contributed by atoms with E-state index in [1.165, 1.54) is 12.1 Å². The van der Waals surface area contributed by atoms with Crippen LogP contribution in [0.2, 0.25) is 0 Å². The zero-order valence-corrected chi connectivity index (χ0v) is 12.8. The molecule has 0 aromatic heterocycles. The fourth-order valence-electron chi connectivity index (χ4n) is 2.63. The van der Waals surface area contributed by atoms with Crippen molar-refractivity contribution in [2.75, 3.05) is 6.61 Å². The van der Waals surface area contributed by atoms with Crippen molar-refractivity contribution in [3.05, 3.63) is 64.5 Å². The van der Waals surface area contributed by atoms with Crippen LogP contribution in [0, 0.1) is 5.82 Å². The quantitative estimate of drug-likeness (QED) is 0.883. The predicted octanol–water partition coefficient (Wildman–Crippen LogP) is 2.32. The lowest BCUT2D eigenvalue weighted by Gasteiger charge is -2.08. The number of halogens is 1. The third kappa shape index (κ3) is 3.53. The Kier molecular flexibility index (Phi) is 4.46. The number of amides is 1. The average molecular weight is 329 g/mol. The second-order valence-corrected chi connectivity index (χ2v) is 5.61. The first-order valence-electron chi connectivity index (χ1n) is 7.56. The van der Waals surface area contributed by atoms with Gasteiger partial charge < -0.3 is 15.2 Å². The molecule has 3 rings (SSSR count). The summed E-state index contributed by atoms with van der Waals surface area (Å²) in [4.78, 5) is 23.0. The minimum absolute atomic E-state index is 0.0146. The molecule has 2 aromatic carbocycles. The molecule has 0 radical (unpaired) electrons. The Morgan fingerprint density at radius 2 is 2.04 bits per heavy atom. The zero-order chi connectivity index (χ0) is 17.1. The van der Waals surface area contributed by atoms with E-state index in [0.29, 0.717) is 6.61 Å². The molecule has 0 saturated heterocycles. The van der Waals surface area contributed by atoms with Crippen molar-refractivity contribution in [2.45, 2.75) is 19.4 Å². The second-order valence-electron chi connectivity index (χ2n) is 5.61. The molecular formula is C18H16FNO4. The molecule has 1 amide bonds. The molecule has 2 N–H and O–H groups in total. The Balaban J connectivity index is 1.61. The molecule has 5 nitrogen and oxygen atoms in total. The number of carbonyl (C=O) groups excluding carboxylic acids is 1. The molecule has 124 valence electrons. The monoisotopic (exact) mass is 329 g/mol. The molecule has 0 fully saturated rings. The predicted molar refractivity (Wildman–Crippen MR) is 84.6 cm³/mol. The number of aromatic carboxylic acids is 1. The van der Waals surface area contributed by atoms with Crippen molar-refractivity contribution in [1.29, 1.82) is 0 Å². The fraction of sp³-hybridized carbons (Fsp3) is 0.222. The molecular weight excluding hydrogens is 313 g/mol. The van der Waals surface area contributed by atoms with Crippen LogP contribution in [0.15, 0.2) is 36.4 Å². The molecule has 0 unspecified atom stereocenters. The van der Waals surface area contributed by atoms with E-state index >= 15 is 0 Å². The van der Waals surface area contributed by atoms with Gasteiger partial charge in [0.1, 0.15) is 11.6 Å². The lowest BCUT2D eigenvalue weighted by molar-refractivity contribution is -0.120. The largest absolute Gasteiger partial charge is 0.493 e. The van der Waals surface area contributed by atoms with Crippen LogP contribution < -0.4 is 10.1 Å². The van der Waals surface area contributed by atoms with Crippen LogP contribution in [-0.2, 0) is 24.2 Å². The number of carboxylic acids is 1.